The molecule has 0 saturated carbocycles. The molecule has 0 aliphatic rings. The Bertz CT molecular complexity index is 309. The lowest BCUT2D eigenvalue weighted by Crippen LogP contribution is -2.17. The number of hydrogen-bond acceptors (Lipinski definition) is 5. The molecule has 1 aromatic rings. The molecule has 0 radical (unpaired) electrons. The number of methoxy groups -OCH3 is 1. The second kappa shape index (κ2) is 9.02. The predicted molar refractivity (Wildman–Crippen MR) is 72.5 cm³/mol. The number of rotatable bonds is 9. The van der Waals surface area contributed by atoms with Crippen LogP contribution in [0.4, 0.5) is 0 Å². The van der Waals surface area contributed by atoms with Crippen molar-refractivity contribution < 1.29 is 14.2 Å². The van der Waals surface area contributed by atoms with Crippen molar-refractivity contribution in [3.63, 3.8) is 0 Å². The minimum absolute atomic E-state index is 0.0441. The minimum atomic E-state index is -0.0441. The molecule has 0 aliphatic heterocycles. The summed E-state index contributed by atoms with van der Waals surface area (Å²) in [4.78, 5) is 1.14. The first-order valence-electron chi connectivity index (χ1n) is 5.40. The van der Waals surface area contributed by atoms with E-state index in [0.717, 1.165) is 9.35 Å². The van der Waals surface area contributed by atoms with Crippen molar-refractivity contribution >= 4 is 27.3 Å². The van der Waals surface area contributed by atoms with E-state index in [2.05, 4.69) is 15.9 Å². The SMILES string of the molecule is COCCOCCOC(CN)c1cc(Br)cs1. The summed E-state index contributed by atoms with van der Waals surface area (Å²) >= 11 is 5.06. The maximum atomic E-state index is 5.68. The highest BCUT2D eigenvalue weighted by molar-refractivity contribution is 9.10. The monoisotopic (exact) mass is 323 g/mol. The maximum absolute atomic E-state index is 5.68. The minimum Gasteiger partial charge on any atom is -0.382 e. The molecule has 1 unspecified atom stereocenters. The van der Waals surface area contributed by atoms with Crippen molar-refractivity contribution in [2.45, 2.75) is 6.10 Å². The van der Waals surface area contributed by atoms with Gasteiger partial charge in [-0.25, -0.2) is 0 Å². The molecule has 0 bridgehead atoms. The first-order valence-corrected chi connectivity index (χ1v) is 7.07. The summed E-state index contributed by atoms with van der Waals surface area (Å²) in [5, 5.41) is 2.02. The van der Waals surface area contributed by atoms with E-state index < -0.39 is 0 Å². The van der Waals surface area contributed by atoms with Gasteiger partial charge in [-0.05, 0) is 22.0 Å². The lowest BCUT2D eigenvalue weighted by Gasteiger charge is -2.14. The molecule has 2 N–H and O–H groups in total. The van der Waals surface area contributed by atoms with Crippen LogP contribution in [0.15, 0.2) is 15.9 Å². The normalized spacial score (nSPS) is 12.9. The Hall–Kier alpha value is 0.0200. The molecule has 4 nitrogen and oxygen atoms in total. The number of halogens is 1. The van der Waals surface area contributed by atoms with Gasteiger partial charge in [0, 0.05) is 28.4 Å². The van der Waals surface area contributed by atoms with Crippen molar-refractivity contribution in [3.8, 4) is 0 Å². The van der Waals surface area contributed by atoms with Crippen molar-refractivity contribution in [2.24, 2.45) is 5.73 Å². The van der Waals surface area contributed by atoms with E-state index in [9.17, 15) is 0 Å². The summed E-state index contributed by atoms with van der Waals surface area (Å²) in [6.07, 6.45) is -0.0441. The van der Waals surface area contributed by atoms with Gasteiger partial charge < -0.3 is 19.9 Å². The van der Waals surface area contributed by atoms with E-state index in [4.69, 9.17) is 19.9 Å². The van der Waals surface area contributed by atoms with Gasteiger partial charge in [0.05, 0.1) is 26.4 Å². The van der Waals surface area contributed by atoms with Crippen LogP contribution in [0.5, 0.6) is 0 Å². The van der Waals surface area contributed by atoms with Crippen LogP contribution in [0, 0.1) is 0 Å². The van der Waals surface area contributed by atoms with Crippen molar-refractivity contribution in [1.29, 1.82) is 0 Å². The Labute approximate surface area is 114 Å². The molecular formula is C11H18BrNO3S. The quantitative estimate of drug-likeness (QED) is 0.708. The molecule has 1 rings (SSSR count). The Kier molecular flexibility index (Phi) is 8.00. The molecular weight excluding hydrogens is 306 g/mol. The fourth-order valence-electron chi connectivity index (χ4n) is 1.26. The van der Waals surface area contributed by atoms with Crippen molar-refractivity contribution in [3.05, 3.63) is 20.8 Å². The largest absolute Gasteiger partial charge is 0.382 e. The predicted octanol–water partition coefficient (Wildman–Crippen LogP) is 2.19. The van der Waals surface area contributed by atoms with Gasteiger partial charge in [-0.15, -0.1) is 11.3 Å². The van der Waals surface area contributed by atoms with Crippen LogP contribution >= 0.6 is 27.3 Å². The van der Waals surface area contributed by atoms with Crippen molar-refractivity contribution in [2.75, 3.05) is 40.1 Å². The van der Waals surface area contributed by atoms with Crippen LogP contribution in [0.1, 0.15) is 11.0 Å². The summed E-state index contributed by atoms with van der Waals surface area (Å²) in [6.45, 7) is 2.79. The molecule has 17 heavy (non-hydrogen) atoms. The van der Waals surface area contributed by atoms with Crippen LogP contribution < -0.4 is 5.73 Å². The van der Waals surface area contributed by atoms with E-state index in [1.807, 2.05) is 11.4 Å². The molecule has 0 aliphatic carbocycles. The van der Waals surface area contributed by atoms with Gasteiger partial charge in [-0.3, -0.25) is 0 Å². The zero-order valence-corrected chi connectivity index (χ0v) is 12.3. The molecule has 0 spiro atoms. The third-order valence-corrected chi connectivity index (χ3v) is 3.88. The highest BCUT2D eigenvalue weighted by Crippen LogP contribution is 2.27. The molecule has 0 aromatic carbocycles. The Morgan fingerprint density at radius 2 is 2.12 bits per heavy atom. The summed E-state index contributed by atoms with van der Waals surface area (Å²) in [5.41, 5.74) is 5.68. The van der Waals surface area contributed by atoms with E-state index in [0.29, 0.717) is 33.0 Å². The van der Waals surface area contributed by atoms with Crippen LogP contribution in [0.25, 0.3) is 0 Å². The summed E-state index contributed by atoms with van der Waals surface area (Å²) < 4.78 is 16.9. The lowest BCUT2D eigenvalue weighted by molar-refractivity contribution is -0.00313. The highest BCUT2D eigenvalue weighted by atomic mass is 79.9. The van der Waals surface area contributed by atoms with Gasteiger partial charge in [0.1, 0.15) is 6.10 Å². The van der Waals surface area contributed by atoms with E-state index in [1.54, 1.807) is 18.4 Å². The fourth-order valence-corrected chi connectivity index (χ4v) is 2.76. The molecule has 1 heterocycles. The van der Waals surface area contributed by atoms with Gasteiger partial charge in [0.2, 0.25) is 0 Å². The van der Waals surface area contributed by atoms with Gasteiger partial charge in [-0.1, -0.05) is 0 Å². The van der Waals surface area contributed by atoms with Crippen LogP contribution in [-0.2, 0) is 14.2 Å². The Balaban J connectivity index is 2.19. The first-order chi connectivity index (χ1) is 8.27. The molecule has 1 atom stereocenters. The van der Waals surface area contributed by atoms with Crippen LogP contribution in [0.3, 0.4) is 0 Å². The van der Waals surface area contributed by atoms with Crippen LogP contribution in [-0.4, -0.2) is 40.1 Å². The highest BCUT2D eigenvalue weighted by Gasteiger charge is 2.12. The number of nitrogens with two attached hydrogens (primary N) is 1. The van der Waals surface area contributed by atoms with Gasteiger partial charge in [0.25, 0.3) is 0 Å². The van der Waals surface area contributed by atoms with Crippen molar-refractivity contribution in [1.82, 2.24) is 0 Å². The lowest BCUT2D eigenvalue weighted by atomic mass is 10.3. The van der Waals surface area contributed by atoms with E-state index >= 15 is 0 Å². The fraction of sp³-hybridized carbons (Fsp3) is 0.636. The summed E-state index contributed by atoms with van der Waals surface area (Å²) in [7, 11) is 1.65. The standard InChI is InChI=1S/C11H18BrNO3S/c1-14-2-3-15-4-5-16-10(7-13)11-6-9(12)8-17-11/h6,8,10H,2-5,7,13H2,1H3. The van der Waals surface area contributed by atoms with E-state index in [-0.39, 0.29) is 6.10 Å². The maximum Gasteiger partial charge on any atom is 0.104 e. The third-order valence-electron chi connectivity index (χ3n) is 2.10. The zero-order valence-electron chi connectivity index (χ0n) is 9.86. The smallest absolute Gasteiger partial charge is 0.104 e. The van der Waals surface area contributed by atoms with Crippen LogP contribution in [0.2, 0.25) is 0 Å². The number of thiophene rings is 1. The molecule has 6 heteroatoms. The second-order valence-electron chi connectivity index (χ2n) is 3.37. The number of hydrogen-bond donors (Lipinski definition) is 1. The van der Waals surface area contributed by atoms with Gasteiger partial charge >= 0.3 is 0 Å². The van der Waals surface area contributed by atoms with Gasteiger partial charge in [-0.2, -0.15) is 0 Å². The zero-order chi connectivity index (χ0) is 12.5. The first kappa shape index (κ1) is 15.1. The van der Waals surface area contributed by atoms with E-state index in [1.165, 1.54) is 0 Å². The number of ether oxygens (including phenoxy) is 3. The topological polar surface area (TPSA) is 53.7 Å². The van der Waals surface area contributed by atoms with Gasteiger partial charge in [0.15, 0.2) is 0 Å². The Morgan fingerprint density at radius 3 is 2.71 bits per heavy atom. The average Bonchev–Trinajstić information content (AvgIpc) is 2.75. The third kappa shape index (κ3) is 5.94. The molecule has 0 saturated heterocycles. The molecule has 1 aromatic heterocycles. The summed E-state index contributed by atoms with van der Waals surface area (Å²) in [6, 6.07) is 2.04. The average molecular weight is 324 g/mol. The molecule has 0 fully saturated rings. The summed E-state index contributed by atoms with van der Waals surface area (Å²) in [5.74, 6) is 0. The second-order valence-corrected chi connectivity index (χ2v) is 5.23. The molecule has 0 amide bonds. The Morgan fingerprint density at radius 1 is 1.35 bits per heavy atom. The molecule has 98 valence electrons.